The SMILES string of the molecule is CCCCCC(=O)O[C@@H](CN1CCCC1=O)C[NH+]1CCCCCC1. The van der Waals surface area contributed by atoms with Crippen molar-refractivity contribution < 1.29 is 19.2 Å². The Kier molecular flexibility index (Phi) is 8.57. The van der Waals surface area contributed by atoms with E-state index in [4.69, 9.17) is 4.74 Å². The summed E-state index contributed by atoms with van der Waals surface area (Å²) in [7, 11) is 0. The summed E-state index contributed by atoms with van der Waals surface area (Å²) in [5.41, 5.74) is 0. The monoisotopic (exact) mass is 339 g/mol. The predicted octanol–water partition coefficient (Wildman–Crippen LogP) is 1.56. The number of nitrogens with zero attached hydrogens (tertiary/aromatic N) is 1. The van der Waals surface area contributed by atoms with Crippen LogP contribution in [-0.2, 0) is 14.3 Å². The van der Waals surface area contributed by atoms with Gasteiger partial charge in [-0.15, -0.1) is 0 Å². The summed E-state index contributed by atoms with van der Waals surface area (Å²) in [6, 6.07) is 0. The van der Waals surface area contributed by atoms with E-state index >= 15 is 0 Å². The van der Waals surface area contributed by atoms with E-state index in [-0.39, 0.29) is 18.0 Å². The molecule has 2 aliphatic heterocycles. The second-order valence-corrected chi connectivity index (χ2v) is 7.38. The number of likely N-dealkylation sites (tertiary alicyclic amines) is 2. The van der Waals surface area contributed by atoms with Crippen molar-refractivity contribution in [3.63, 3.8) is 0 Å². The molecule has 0 aromatic heterocycles. The lowest BCUT2D eigenvalue weighted by Gasteiger charge is -2.27. The first kappa shape index (κ1) is 19.2. The van der Waals surface area contributed by atoms with Crippen molar-refractivity contribution in [2.45, 2.75) is 77.2 Å². The van der Waals surface area contributed by atoms with Crippen LogP contribution in [0.4, 0.5) is 0 Å². The lowest BCUT2D eigenvalue weighted by Crippen LogP contribution is -3.13. The molecule has 5 heteroatoms. The molecule has 0 saturated carbocycles. The van der Waals surface area contributed by atoms with Gasteiger partial charge in [0.1, 0.15) is 6.54 Å². The van der Waals surface area contributed by atoms with Crippen LogP contribution in [0.5, 0.6) is 0 Å². The fourth-order valence-electron chi connectivity index (χ4n) is 3.81. The molecule has 0 radical (unpaired) electrons. The standard InChI is InChI=1S/C19H34N2O3/c1-2-3-6-11-19(23)24-17(16-21-14-9-10-18(21)22)15-20-12-7-4-5-8-13-20/h17H,2-16H2,1H3/p+1/t17-/m1/s1. The molecule has 0 aromatic rings. The Morgan fingerprint density at radius 2 is 1.92 bits per heavy atom. The minimum atomic E-state index is -0.144. The highest BCUT2D eigenvalue weighted by atomic mass is 16.5. The molecule has 0 spiro atoms. The van der Waals surface area contributed by atoms with Crippen molar-refractivity contribution in [3.8, 4) is 0 Å². The molecule has 5 nitrogen and oxygen atoms in total. The maximum Gasteiger partial charge on any atom is 0.306 e. The second kappa shape index (κ2) is 10.7. The van der Waals surface area contributed by atoms with Crippen molar-refractivity contribution >= 4 is 11.9 Å². The molecule has 1 atom stereocenters. The molecule has 2 aliphatic rings. The van der Waals surface area contributed by atoms with Crippen molar-refractivity contribution in [1.82, 2.24) is 4.90 Å². The summed E-state index contributed by atoms with van der Waals surface area (Å²) in [5, 5.41) is 0. The molecule has 0 aromatic carbocycles. The van der Waals surface area contributed by atoms with Gasteiger partial charge in [0.05, 0.1) is 19.6 Å². The summed E-state index contributed by atoms with van der Waals surface area (Å²) in [4.78, 5) is 27.5. The van der Waals surface area contributed by atoms with Crippen molar-refractivity contribution in [2.75, 3.05) is 32.7 Å². The van der Waals surface area contributed by atoms with Gasteiger partial charge in [0.15, 0.2) is 6.10 Å². The zero-order chi connectivity index (χ0) is 17.2. The Morgan fingerprint density at radius 3 is 2.54 bits per heavy atom. The van der Waals surface area contributed by atoms with Gasteiger partial charge < -0.3 is 14.5 Å². The summed E-state index contributed by atoms with van der Waals surface area (Å²) >= 11 is 0. The molecular weight excluding hydrogens is 304 g/mol. The number of ether oxygens (including phenoxy) is 1. The first-order valence-electron chi connectivity index (χ1n) is 10.00. The van der Waals surface area contributed by atoms with Crippen LogP contribution in [0.3, 0.4) is 0 Å². The molecular formula is C19H35N2O3+. The zero-order valence-corrected chi connectivity index (χ0v) is 15.4. The van der Waals surface area contributed by atoms with E-state index in [2.05, 4.69) is 6.92 Å². The predicted molar refractivity (Wildman–Crippen MR) is 93.9 cm³/mol. The van der Waals surface area contributed by atoms with Crippen LogP contribution in [0, 0.1) is 0 Å². The average Bonchev–Trinajstić information content (AvgIpc) is 2.80. The summed E-state index contributed by atoms with van der Waals surface area (Å²) < 4.78 is 5.80. The molecule has 1 N–H and O–H groups in total. The molecule has 0 unspecified atom stereocenters. The Labute approximate surface area is 146 Å². The van der Waals surface area contributed by atoms with Crippen molar-refractivity contribution in [2.24, 2.45) is 0 Å². The Hall–Kier alpha value is -1.10. The highest BCUT2D eigenvalue weighted by Crippen LogP contribution is 2.12. The van der Waals surface area contributed by atoms with Gasteiger partial charge in [-0.25, -0.2) is 0 Å². The number of carbonyl (C=O) groups excluding carboxylic acids is 2. The highest BCUT2D eigenvalue weighted by Gasteiger charge is 2.28. The number of esters is 1. The van der Waals surface area contributed by atoms with Crippen LogP contribution in [0.1, 0.15) is 71.1 Å². The Balaban J connectivity index is 1.86. The molecule has 0 bridgehead atoms. The molecule has 2 rings (SSSR count). The number of quaternary nitrogens is 1. The van der Waals surface area contributed by atoms with E-state index < -0.39 is 0 Å². The van der Waals surface area contributed by atoms with Crippen molar-refractivity contribution in [1.29, 1.82) is 0 Å². The maximum absolute atomic E-state index is 12.2. The molecule has 0 aliphatic carbocycles. The quantitative estimate of drug-likeness (QED) is 0.512. The number of unbranched alkanes of at least 4 members (excludes halogenated alkanes) is 2. The van der Waals surface area contributed by atoms with E-state index in [1.54, 1.807) is 0 Å². The van der Waals surface area contributed by atoms with E-state index in [0.717, 1.165) is 51.9 Å². The minimum Gasteiger partial charge on any atom is -0.454 e. The third kappa shape index (κ3) is 6.80. The van der Waals surface area contributed by atoms with E-state index in [1.807, 2.05) is 4.90 Å². The summed E-state index contributed by atoms with van der Waals surface area (Å²) in [6.07, 6.45) is 10.2. The van der Waals surface area contributed by atoms with E-state index in [1.165, 1.54) is 30.6 Å². The molecule has 138 valence electrons. The van der Waals surface area contributed by atoms with Gasteiger partial charge in [-0.1, -0.05) is 19.8 Å². The number of nitrogens with one attached hydrogen (secondary N) is 1. The third-order valence-electron chi connectivity index (χ3n) is 5.20. The zero-order valence-electron chi connectivity index (χ0n) is 15.4. The van der Waals surface area contributed by atoms with Gasteiger partial charge in [0, 0.05) is 19.4 Å². The van der Waals surface area contributed by atoms with Gasteiger partial charge >= 0.3 is 5.97 Å². The number of amides is 1. The number of rotatable bonds is 9. The largest absolute Gasteiger partial charge is 0.454 e. The van der Waals surface area contributed by atoms with Crippen LogP contribution in [0.15, 0.2) is 0 Å². The summed E-state index contributed by atoms with van der Waals surface area (Å²) in [6.45, 7) is 6.72. The normalized spacial score (nSPS) is 20.9. The van der Waals surface area contributed by atoms with Crippen molar-refractivity contribution in [3.05, 3.63) is 0 Å². The van der Waals surface area contributed by atoms with Crippen LogP contribution in [0.25, 0.3) is 0 Å². The van der Waals surface area contributed by atoms with Crippen LogP contribution in [0.2, 0.25) is 0 Å². The molecule has 2 heterocycles. The highest BCUT2D eigenvalue weighted by molar-refractivity contribution is 5.78. The number of carbonyl (C=O) groups is 2. The first-order chi connectivity index (χ1) is 11.7. The van der Waals surface area contributed by atoms with Crippen LogP contribution >= 0.6 is 0 Å². The Morgan fingerprint density at radius 1 is 1.17 bits per heavy atom. The van der Waals surface area contributed by atoms with E-state index in [0.29, 0.717) is 19.4 Å². The topological polar surface area (TPSA) is 51.0 Å². The van der Waals surface area contributed by atoms with Gasteiger partial charge in [-0.3, -0.25) is 9.59 Å². The Bertz CT molecular complexity index is 392. The molecule has 1 amide bonds. The number of hydrogen-bond acceptors (Lipinski definition) is 3. The third-order valence-corrected chi connectivity index (χ3v) is 5.20. The van der Waals surface area contributed by atoms with Crippen LogP contribution < -0.4 is 4.90 Å². The summed E-state index contributed by atoms with van der Waals surface area (Å²) in [5.74, 6) is 0.127. The molecule has 24 heavy (non-hydrogen) atoms. The molecule has 2 saturated heterocycles. The molecule has 2 fully saturated rings. The fourth-order valence-corrected chi connectivity index (χ4v) is 3.81. The number of hydrogen-bond donors (Lipinski definition) is 1. The van der Waals surface area contributed by atoms with Gasteiger partial charge in [0.2, 0.25) is 5.91 Å². The minimum absolute atomic E-state index is 0.0886. The van der Waals surface area contributed by atoms with E-state index in [9.17, 15) is 9.59 Å². The smallest absolute Gasteiger partial charge is 0.306 e. The first-order valence-corrected chi connectivity index (χ1v) is 10.00. The fraction of sp³-hybridized carbons (Fsp3) is 0.895. The van der Waals surface area contributed by atoms with Crippen LogP contribution in [-0.4, -0.2) is 55.6 Å². The maximum atomic E-state index is 12.2. The average molecular weight is 340 g/mol. The van der Waals surface area contributed by atoms with Gasteiger partial charge in [0.25, 0.3) is 0 Å². The lowest BCUT2D eigenvalue weighted by atomic mass is 10.2. The van der Waals surface area contributed by atoms with Gasteiger partial charge in [-0.05, 0) is 38.5 Å². The lowest BCUT2D eigenvalue weighted by molar-refractivity contribution is -0.902. The second-order valence-electron chi connectivity index (χ2n) is 7.38. The van der Waals surface area contributed by atoms with Gasteiger partial charge in [-0.2, -0.15) is 0 Å².